The average Bonchev–Trinajstić information content (AvgIpc) is 3.16. The summed E-state index contributed by atoms with van der Waals surface area (Å²) in [6, 6.07) is 7.56. The number of H-pyrrole nitrogens is 1. The van der Waals surface area contributed by atoms with Gasteiger partial charge in [0.05, 0.1) is 30.2 Å². The zero-order valence-electron chi connectivity index (χ0n) is 13.9. The highest BCUT2D eigenvalue weighted by atomic mass is 16.7. The molecule has 0 bridgehead atoms. The molecule has 2 saturated heterocycles. The number of piperidine rings is 1. The molecule has 4 rings (SSSR count). The van der Waals surface area contributed by atoms with Crippen molar-refractivity contribution in [3.05, 3.63) is 40.4 Å². The fraction of sp³-hybridized carbons (Fsp3) is 0.556. The molecule has 1 aromatic heterocycles. The maximum atomic E-state index is 12.3. The van der Waals surface area contributed by atoms with Crippen molar-refractivity contribution in [2.75, 3.05) is 26.3 Å². The number of aromatic amines is 1. The van der Waals surface area contributed by atoms with Crippen LogP contribution >= 0.6 is 0 Å². The lowest BCUT2D eigenvalue weighted by molar-refractivity contribution is -0.0994. The van der Waals surface area contributed by atoms with Gasteiger partial charge in [0.15, 0.2) is 6.29 Å². The second kappa shape index (κ2) is 6.63. The number of fused-ring (bicyclic) bond motifs is 1. The largest absolute Gasteiger partial charge is 0.350 e. The number of rotatable bonds is 3. The fourth-order valence-electron chi connectivity index (χ4n) is 3.70. The van der Waals surface area contributed by atoms with E-state index in [1.165, 1.54) is 0 Å². The predicted octanol–water partition coefficient (Wildman–Crippen LogP) is 2.07. The van der Waals surface area contributed by atoms with Crippen LogP contribution in [0.3, 0.4) is 0 Å². The van der Waals surface area contributed by atoms with Gasteiger partial charge in [-0.05, 0) is 45.0 Å². The van der Waals surface area contributed by atoms with Gasteiger partial charge < -0.3 is 14.5 Å². The Hall–Kier alpha value is -1.76. The minimum absolute atomic E-state index is 0.0268. The summed E-state index contributed by atoms with van der Waals surface area (Å²) in [5.41, 5.74) is 0.691. The monoisotopic (exact) mass is 329 g/mol. The summed E-state index contributed by atoms with van der Waals surface area (Å²) < 4.78 is 11.3. The molecule has 1 atom stereocenters. The molecule has 3 heterocycles. The number of ether oxygens (including phenoxy) is 2. The van der Waals surface area contributed by atoms with Gasteiger partial charge in [-0.15, -0.1) is 0 Å². The Balaban J connectivity index is 1.48. The number of hydrogen-bond acceptors (Lipinski definition) is 5. The Kier molecular flexibility index (Phi) is 4.35. The van der Waals surface area contributed by atoms with Crippen molar-refractivity contribution in [1.82, 2.24) is 14.9 Å². The molecule has 0 spiro atoms. The van der Waals surface area contributed by atoms with Gasteiger partial charge in [0.25, 0.3) is 5.56 Å². The Labute approximate surface area is 140 Å². The van der Waals surface area contributed by atoms with Crippen molar-refractivity contribution < 1.29 is 9.47 Å². The topological polar surface area (TPSA) is 67.5 Å². The third-order valence-corrected chi connectivity index (χ3v) is 5.18. The third-order valence-electron chi connectivity index (χ3n) is 5.18. The summed E-state index contributed by atoms with van der Waals surface area (Å²) in [5, 5.41) is 0.641. The maximum Gasteiger partial charge on any atom is 0.258 e. The molecule has 1 unspecified atom stereocenters. The van der Waals surface area contributed by atoms with Gasteiger partial charge in [-0.1, -0.05) is 12.1 Å². The number of hydrogen-bond donors (Lipinski definition) is 1. The molecule has 2 aromatic rings. The molecule has 0 radical (unpaired) electrons. The van der Waals surface area contributed by atoms with Crippen LogP contribution in [0.5, 0.6) is 0 Å². The summed E-state index contributed by atoms with van der Waals surface area (Å²) in [6.07, 6.45) is 2.07. The van der Waals surface area contributed by atoms with Crippen LogP contribution in [-0.4, -0.2) is 47.5 Å². The predicted molar refractivity (Wildman–Crippen MR) is 90.8 cm³/mol. The minimum Gasteiger partial charge on any atom is -0.350 e. The molecule has 1 N–H and O–H groups in total. The lowest BCUT2D eigenvalue weighted by Gasteiger charge is -2.36. The Bertz CT molecular complexity index is 761. The van der Waals surface area contributed by atoms with Crippen LogP contribution in [0.1, 0.15) is 31.6 Å². The molecule has 1 aromatic carbocycles. The standard InChI is InChI=1S/C18H23N3O3/c1-12(16-19-15-5-3-2-4-14(15)17(22)20-16)21-8-6-13(7-9-21)18-23-10-11-24-18/h2-5,12-13,18H,6-11H2,1H3,(H,19,20,22). The molecule has 0 aliphatic carbocycles. The normalized spacial score (nSPS) is 22.2. The van der Waals surface area contributed by atoms with E-state index >= 15 is 0 Å². The Morgan fingerprint density at radius 2 is 1.92 bits per heavy atom. The van der Waals surface area contributed by atoms with E-state index in [1.54, 1.807) is 0 Å². The summed E-state index contributed by atoms with van der Waals surface area (Å²) in [4.78, 5) is 22.3. The molecule has 128 valence electrons. The van der Waals surface area contributed by atoms with Crippen molar-refractivity contribution in [1.29, 1.82) is 0 Å². The SMILES string of the molecule is CC(c1nc2ccccc2c(=O)[nH]1)N1CCC(C2OCCO2)CC1. The molecule has 0 amide bonds. The highest BCUT2D eigenvalue weighted by molar-refractivity contribution is 5.77. The van der Waals surface area contributed by atoms with E-state index in [1.807, 2.05) is 24.3 Å². The van der Waals surface area contributed by atoms with Gasteiger partial charge in [-0.2, -0.15) is 0 Å². The number of likely N-dealkylation sites (tertiary alicyclic amines) is 1. The molecule has 6 heteroatoms. The first kappa shape index (κ1) is 15.7. The summed E-state index contributed by atoms with van der Waals surface area (Å²) in [6.45, 7) is 5.46. The van der Waals surface area contributed by atoms with Gasteiger partial charge in [0.2, 0.25) is 0 Å². The van der Waals surface area contributed by atoms with E-state index in [-0.39, 0.29) is 17.9 Å². The number of benzene rings is 1. The molecule has 24 heavy (non-hydrogen) atoms. The summed E-state index contributed by atoms with van der Waals surface area (Å²) >= 11 is 0. The first-order valence-electron chi connectivity index (χ1n) is 8.68. The first-order valence-corrected chi connectivity index (χ1v) is 8.68. The van der Waals surface area contributed by atoms with Gasteiger partial charge in [0.1, 0.15) is 5.82 Å². The van der Waals surface area contributed by atoms with Gasteiger partial charge in [0, 0.05) is 5.92 Å². The van der Waals surface area contributed by atoms with E-state index in [0.717, 1.165) is 37.3 Å². The van der Waals surface area contributed by atoms with Crippen LogP contribution in [0.25, 0.3) is 10.9 Å². The number of aromatic nitrogens is 2. The third kappa shape index (κ3) is 2.97. The number of nitrogens with zero attached hydrogens (tertiary/aromatic N) is 2. The number of para-hydroxylation sites is 1. The van der Waals surface area contributed by atoms with E-state index in [9.17, 15) is 4.79 Å². The van der Waals surface area contributed by atoms with Crippen molar-refractivity contribution in [2.24, 2.45) is 5.92 Å². The minimum atomic E-state index is -0.0647. The second-order valence-corrected chi connectivity index (χ2v) is 6.63. The summed E-state index contributed by atoms with van der Waals surface area (Å²) in [7, 11) is 0. The molecule has 2 aliphatic rings. The molecule has 6 nitrogen and oxygen atoms in total. The highest BCUT2D eigenvalue weighted by Crippen LogP contribution is 2.29. The lowest BCUT2D eigenvalue weighted by Crippen LogP contribution is -2.40. The summed E-state index contributed by atoms with van der Waals surface area (Å²) in [5.74, 6) is 1.21. The van der Waals surface area contributed by atoms with Crippen LogP contribution < -0.4 is 5.56 Å². The van der Waals surface area contributed by atoms with E-state index in [4.69, 9.17) is 9.47 Å². The molecule has 2 fully saturated rings. The molecular formula is C18H23N3O3. The van der Waals surface area contributed by atoms with Gasteiger partial charge in [-0.25, -0.2) is 4.98 Å². The fourth-order valence-corrected chi connectivity index (χ4v) is 3.70. The van der Waals surface area contributed by atoms with Crippen molar-refractivity contribution in [3.63, 3.8) is 0 Å². The van der Waals surface area contributed by atoms with Crippen molar-refractivity contribution in [3.8, 4) is 0 Å². The quantitative estimate of drug-likeness (QED) is 0.934. The maximum absolute atomic E-state index is 12.3. The van der Waals surface area contributed by atoms with Crippen LogP contribution in [-0.2, 0) is 9.47 Å². The van der Waals surface area contributed by atoms with E-state index in [0.29, 0.717) is 24.5 Å². The smallest absolute Gasteiger partial charge is 0.258 e. The number of nitrogens with one attached hydrogen (secondary N) is 1. The molecular weight excluding hydrogens is 306 g/mol. The molecule has 0 saturated carbocycles. The zero-order chi connectivity index (χ0) is 16.5. The Morgan fingerprint density at radius 1 is 1.21 bits per heavy atom. The van der Waals surface area contributed by atoms with E-state index in [2.05, 4.69) is 21.8 Å². The van der Waals surface area contributed by atoms with Crippen LogP contribution in [0, 0.1) is 5.92 Å². The van der Waals surface area contributed by atoms with Crippen molar-refractivity contribution >= 4 is 10.9 Å². The first-order chi connectivity index (χ1) is 11.7. The van der Waals surface area contributed by atoms with Gasteiger partial charge in [-0.3, -0.25) is 9.69 Å². The van der Waals surface area contributed by atoms with Crippen molar-refractivity contribution in [2.45, 2.75) is 32.1 Å². The van der Waals surface area contributed by atoms with Crippen LogP contribution in [0.15, 0.2) is 29.1 Å². The second-order valence-electron chi connectivity index (χ2n) is 6.63. The molecule has 2 aliphatic heterocycles. The zero-order valence-corrected chi connectivity index (χ0v) is 13.9. The van der Waals surface area contributed by atoms with Crippen LogP contribution in [0.2, 0.25) is 0 Å². The highest BCUT2D eigenvalue weighted by Gasteiger charge is 2.32. The average molecular weight is 329 g/mol. The lowest BCUT2D eigenvalue weighted by atomic mass is 9.95. The van der Waals surface area contributed by atoms with E-state index < -0.39 is 0 Å². The van der Waals surface area contributed by atoms with Crippen LogP contribution in [0.4, 0.5) is 0 Å². The Morgan fingerprint density at radius 3 is 2.67 bits per heavy atom. The van der Waals surface area contributed by atoms with Gasteiger partial charge >= 0.3 is 0 Å².